The first kappa shape index (κ1) is 24.1. The summed E-state index contributed by atoms with van der Waals surface area (Å²) in [6, 6.07) is 2.38. The molecule has 0 aromatic heterocycles. The minimum absolute atomic E-state index is 0. The first-order valence-electron chi connectivity index (χ1n) is 6.21. The van der Waals surface area contributed by atoms with Crippen LogP contribution < -0.4 is 0 Å². The predicted octanol–water partition coefficient (Wildman–Crippen LogP) is 5.86. The van der Waals surface area contributed by atoms with Crippen molar-refractivity contribution in [3.8, 4) is 0 Å². The summed E-state index contributed by atoms with van der Waals surface area (Å²) >= 11 is 0. The number of aryl methyl sites for hydroxylation is 2. The fourth-order valence-corrected chi connectivity index (χ4v) is 3.55. The van der Waals surface area contributed by atoms with E-state index in [1.165, 1.54) is 11.1 Å². The Labute approximate surface area is 137 Å². The third kappa shape index (κ3) is 3.58. The number of rotatable bonds is 0. The molecule has 0 bridgehead atoms. The molecule has 0 nitrogen and oxygen atoms in total. The molecular weight excluding hydrogens is 264 g/mol. The Kier molecular flexibility index (Phi) is 10.6. The summed E-state index contributed by atoms with van der Waals surface area (Å²) in [6.45, 7) is 14.2. The van der Waals surface area contributed by atoms with E-state index in [0.717, 1.165) is 23.7 Å². The zero-order valence-corrected chi connectivity index (χ0v) is 15.9. The van der Waals surface area contributed by atoms with E-state index in [1.54, 1.807) is 11.1 Å². The molecule has 0 aliphatic heterocycles. The second-order valence-corrected chi connectivity index (χ2v) is 5.63. The zero-order chi connectivity index (χ0) is 11.3. The van der Waals surface area contributed by atoms with Gasteiger partial charge in [-0.25, -0.2) is 0 Å². The average Bonchev–Trinajstić information content (AvgIpc) is 2.47. The molecule has 0 saturated heterocycles. The third-order valence-electron chi connectivity index (χ3n) is 4.89. The van der Waals surface area contributed by atoms with Crippen molar-refractivity contribution in [1.29, 1.82) is 0 Å². The molecule has 2 rings (SSSR count). The Balaban J connectivity index is -0.000000640. The van der Waals surface area contributed by atoms with E-state index in [4.69, 9.17) is 0 Å². The van der Waals surface area contributed by atoms with Crippen molar-refractivity contribution in [2.24, 2.45) is 11.8 Å². The van der Waals surface area contributed by atoms with Crippen molar-refractivity contribution >= 4 is 0 Å². The quantitative estimate of drug-likeness (QED) is 0.415. The largest absolute Gasteiger partial charge is 4.00 e. The maximum absolute atomic E-state index is 2.41. The molecule has 1 heteroatoms. The van der Waals surface area contributed by atoms with E-state index in [-0.39, 0.29) is 44.0 Å². The summed E-state index contributed by atoms with van der Waals surface area (Å²) in [6.07, 6.45) is 0. The number of fused-ring (bicyclic) bond motifs is 1. The van der Waals surface area contributed by atoms with Crippen LogP contribution in [0, 0.1) is 48.0 Å². The smallest absolute Gasteiger partial charge is 0.358 e. The van der Waals surface area contributed by atoms with E-state index in [2.05, 4.69) is 47.6 Å². The van der Waals surface area contributed by atoms with E-state index < -0.39 is 0 Å². The minimum atomic E-state index is 0. The van der Waals surface area contributed by atoms with Crippen LogP contribution in [0.5, 0.6) is 0 Å². The minimum Gasteiger partial charge on any atom is -0.358 e. The van der Waals surface area contributed by atoms with Crippen LogP contribution in [0.4, 0.5) is 0 Å². The molecule has 0 saturated carbocycles. The summed E-state index contributed by atoms with van der Waals surface area (Å²) in [5.41, 5.74) is 6.34. The SMILES string of the molecule is Cc1c[c-](C)c2c1C(C)C(C)C(C)C2C.[CH3-].[CH3-].[CH3-].[Ti+4]. The van der Waals surface area contributed by atoms with Crippen molar-refractivity contribution in [3.05, 3.63) is 50.6 Å². The number of hydrogen-bond acceptors (Lipinski definition) is 0. The molecule has 0 N–H and O–H groups in total. The Morgan fingerprint density at radius 1 is 0.895 bits per heavy atom. The van der Waals surface area contributed by atoms with Gasteiger partial charge in [-0.15, -0.1) is 0 Å². The van der Waals surface area contributed by atoms with Gasteiger partial charge in [0.1, 0.15) is 0 Å². The van der Waals surface area contributed by atoms with Gasteiger partial charge < -0.3 is 22.3 Å². The fourth-order valence-electron chi connectivity index (χ4n) is 3.55. The molecule has 108 valence electrons. The van der Waals surface area contributed by atoms with Gasteiger partial charge in [0.15, 0.2) is 0 Å². The summed E-state index contributed by atoms with van der Waals surface area (Å²) in [5.74, 6) is 3.10. The molecule has 1 aliphatic rings. The Morgan fingerprint density at radius 3 is 1.79 bits per heavy atom. The van der Waals surface area contributed by atoms with Crippen LogP contribution in [0.2, 0.25) is 0 Å². The van der Waals surface area contributed by atoms with Crippen LogP contribution in [-0.4, -0.2) is 0 Å². The topological polar surface area (TPSA) is 0 Å². The molecule has 1 aromatic rings. The molecule has 4 unspecified atom stereocenters. The van der Waals surface area contributed by atoms with E-state index >= 15 is 0 Å². The van der Waals surface area contributed by atoms with Crippen molar-refractivity contribution < 1.29 is 21.7 Å². The summed E-state index contributed by atoms with van der Waals surface area (Å²) in [4.78, 5) is 0. The standard InChI is InChI=1S/C15H23.3CH3.Ti/c1-8-7-9(2)15-13(6)11(4)10(3)12(5)14(8)15;;;;/h7,10-13H,1-6H3;3*1H3;/q4*-1;+4. The van der Waals surface area contributed by atoms with Crippen molar-refractivity contribution in [2.75, 3.05) is 0 Å². The molecule has 0 spiro atoms. The molecule has 1 aliphatic carbocycles. The molecule has 19 heavy (non-hydrogen) atoms. The summed E-state index contributed by atoms with van der Waals surface area (Å²) in [7, 11) is 0. The summed E-state index contributed by atoms with van der Waals surface area (Å²) in [5, 5.41) is 0. The molecule has 4 atom stereocenters. The van der Waals surface area contributed by atoms with Gasteiger partial charge in [0, 0.05) is 0 Å². The molecule has 1 aromatic carbocycles. The molecule has 0 heterocycles. The van der Waals surface area contributed by atoms with Crippen LogP contribution in [-0.2, 0) is 21.7 Å². The van der Waals surface area contributed by atoms with Crippen LogP contribution >= 0.6 is 0 Å². The summed E-state index contributed by atoms with van der Waals surface area (Å²) < 4.78 is 0. The maximum atomic E-state index is 2.41. The van der Waals surface area contributed by atoms with Crippen LogP contribution in [0.3, 0.4) is 0 Å². The molecule has 0 fully saturated rings. The second kappa shape index (κ2) is 8.37. The van der Waals surface area contributed by atoms with Gasteiger partial charge in [0.25, 0.3) is 0 Å². The average molecular weight is 296 g/mol. The van der Waals surface area contributed by atoms with E-state index in [9.17, 15) is 0 Å². The monoisotopic (exact) mass is 296 g/mol. The fraction of sp³-hybridized carbons (Fsp3) is 0.556. The van der Waals surface area contributed by atoms with Gasteiger partial charge >= 0.3 is 21.7 Å². The predicted molar refractivity (Wildman–Crippen MR) is 85.9 cm³/mol. The molecule has 0 amide bonds. The van der Waals surface area contributed by atoms with Gasteiger partial charge in [-0.2, -0.15) is 28.3 Å². The van der Waals surface area contributed by atoms with Gasteiger partial charge in [-0.05, 0) is 17.8 Å². The van der Waals surface area contributed by atoms with Crippen LogP contribution in [0.1, 0.15) is 61.8 Å². The van der Waals surface area contributed by atoms with E-state index in [0.29, 0.717) is 0 Å². The number of hydrogen-bond donors (Lipinski definition) is 0. The molecule has 0 radical (unpaired) electrons. The van der Waals surface area contributed by atoms with Crippen LogP contribution in [0.15, 0.2) is 6.07 Å². The molecular formula is C18H32Ti. The van der Waals surface area contributed by atoms with Gasteiger partial charge in [0.2, 0.25) is 0 Å². The van der Waals surface area contributed by atoms with Crippen molar-refractivity contribution in [1.82, 2.24) is 0 Å². The maximum Gasteiger partial charge on any atom is 4.00 e. The normalized spacial score (nSPS) is 27.9. The van der Waals surface area contributed by atoms with Gasteiger partial charge in [0.05, 0.1) is 0 Å². The first-order chi connectivity index (χ1) is 6.95. The second-order valence-electron chi connectivity index (χ2n) is 5.63. The van der Waals surface area contributed by atoms with E-state index in [1.807, 2.05) is 0 Å². The Morgan fingerprint density at radius 2 is 1.32 bits per heavy atom. The van der Waals surface area contributed by atoms with Crippen molar-refractivity contribution in [3.63, 3.8) is 0 Å². The first-order valence-corrected chi connectivity index (χ1v) is 6.21. The zero-order valence-electron chi connectivity index (χ0n) is 14.4. The Bertz CT molecular complexity index is 341. The Hall–Kier alpha value is 0.0643. The van der Waals surface area contributed by atoms with Crippen molar-refractivity contribution in [2.45, 2.75) is 53.4 Å². The van der Waals surface area contributed by atoms with Crippen LogP contribution in [0.25, 0.3) is 0 Å². The van der Waals surface area contributed by atoms with Gasteiger partial charge in [-0.3, -0.25) is 0 Å². The third-order valence-corrected chi connectivity index (χ3v) is 4.89. The van der Waals surface area contributed by atoms with Gasteiger partial charge in [-0.1, -0.05) is 47.5 Å².